The average molecular weight is 125 g/mol. The van der Waals surface area contributed by atoms with E-state index in [2.05, 4.69) is 28.7 Å². The van der Waals surface area contributed by atoms with Crippen molar-refractivity contribution in [3.05, 3.63) is 0 Å². The van der Waals surface area contributed by atoms with Crippen LogP contribution in [0, 0.1) is 0 Å². The molecule has 0 saturated carbocycles. The Morgan fingerprint density at radius 2 is 2.33 bits per heavy atom. The van der Waals surface area contributed by atoms with E-state index in [1.54, 1.807) is 6.34 Å². The topological polar surface area (TPSA) is 28.0 Å². The molecule has 0 aromatic rings. The van der Waals surface area contributed by atoms with Crippen molar-refractivity contribution in [3.63, 3.8) is 0 Å². The van der Waals surface area contributed by atoms with Crippen LogP contribution >= 0.6 is 0 Å². The SMILES string of the molecule is CC(C)N1C=NC=NC1. The first-order valence-electron chi connectivity index (χ1n) is 3.08. The summed E-state index contributed by atoms with van der Waals surface area (Å²) in [7, 11) is 0. The lowest BCUT2D eigenvalue weighted by molar-refractivity contribution is 0.368. The monoisotopic (exact) mass is 125 g/mol. The molecular formula is C6H11N3. The average Bonchev–Trinajstić information content (AvgIpc) is 1.90. The molecule has 0 atom stereocenters. The fraction of sp³-hybridized carbons (Fsp3) is 0.667. The molecule has 0 bridgehead atoms. The standard InChI is InChI=1S/C6H11N3/c1-6(2)9-4-7-3-8-5-9/h3-4,6H,5H2,1-2H3. The largest absolute Gasteiger partial charge is 0.341 e. The van der Waals surface area contributed by atoms with Gasteiger partial charge in [0.25, 0.3) is 0 Å². The van der Waals surface area contributed by atoms with E-state index >= 15 is 0 Å². The highest BCUT2D eigenvalue weighted by molar-refractivity contribution is 5.73. The van der Waals surface area contributed by atoms with Gasteiger partial charge in [0.05, 0.1) is 6.34 Å². The van der Waals surface area contributed by atoms with E-state index in [-0.39, 0.29) is 0 Å². The van der Waals surface area contributed by atoms with Gasteiger partial charge in [-0.15, -0.1) is 0 Å². The zero-order valence-electron chi connectivity index (χ0n) is 5.78. The van der Waals surface area contributed by atoms with Crippen molar-refractivity contribution in [2.45, 2.75) is 19.9 Å². The fourth-order valence-corrected chi connectivity index (χ4v) is 0.627. The third kappa shape index (κ3) is 1.52. The Balaban J connectivity index is 2.46. The van der Waals surface area contributed by atoms with Crippen LogP contribution in [0.15, 0.2) is 9.98 Å². The van der Waals surface area contributed by atoms with E-state index in [0.717, 1.165) is 6.67 Å². The first-order valence-corrected chi connectivity index (χ1v) is 3.08. The van der Waals surface area contributed by atoms with Crippen LogP contribution in [0.2, 0.25) is 0 Å². The molecule has 1 rings (SSSR count). The summed E-state index contributed by atoms with van der Waals surface area (Å²) < 4.78 is 0. The molecule has 0 N–H and O–H groups in total. The van der Waals surface area contributed by atoms with Crippen molar-refractivity contribution in [2.75, 3.05) is 6.67 Å². The van der Waals surface area contributed by atoms with Crippen LogP contribution in [0.3, 0.4) is 0 Å². The predicted molar refractivity (Wildman–Crippen MR) is 38.8 cm³/mol. The van der Waals surface area contributed by atoms with Gasteiger partial charge in [0.1, 0.15) is 13.0 Å². The van der Waals surface area contributed by atoms with E-state index < -0.39 is 0 Å². The lowest BCUT2D eigenvalue weighted by Gasteiger charge is -2.22. The van der Waals surface area contributed by atoms with Gasteiger partial charge in [-0.05, 0) is 13.8 Å². The van der Waals surface area contributed by atoms with Gasteiger partial charge in [0.15, 0.2) is 0 Å². The Hall–Kier alpha value is -0.860. The Morgan fingerprint density at radius 1 is 1.56 bits per heavy atom. The van der Waals surface area contributed by atoms with Crippen LogP contribution in [0.5, 0.6) is 0 Å². The molecule has 0 amide bonds. The molecule has 9 heavy (non-hydrogen) atoms. The minimum absolute atomic E-state index is 0.506. The summed E-state index contributed by atoms with van der Waals surface area (Å²) in [5, 5.41) is 0. The molecule has 0 aromatic carbocycles. The van der Waals surface area contributed by atoms with Crippen LogP contribution < -0.4 is 0 Å². The van der Waals surface area contributed by atoms with Crippen molar-refractivity contribution in [3.8, 4) is 0 Å². The zero-order valence-corrected chi connectivity index (χ0v) is 5.78. The van der Waals surface area contributed by atoms with E-state index in [4.69, 9.17) is 0 Å². The van der Waals surface area contributed by atoms with Crippen molar-refractivity contribution >= 4 is 12.7 Å². The van der Waals surface area contributed by atoms with Crippen molar-refractivity contribution in [1.82, 2.24) is 4.90 Å². The summed E-state index contributed by atoms with van der Waals surface area (Å²) >= 11 is 0. The van der Waals surface area contributed by atoms with Gasteiger partial charge in [-0.3, -0.25) is 4.99 Å². The smallest absolute Gasteiger partial charge is 0.113 e. The Bertz CT molecular complexity index is 137. The summed E-state index contributed by atoms with van der Waals surface area (Å²) in [6.45, 7) is 4.99. The van der Waals surface area contributed by atoms with E-state index in [1.165, 1.54) is 0 Å². The number of aliphatic imine (C=N–C) groups is 2. The first kappa shape index (κ1) is 6.26. The molecule has 0 aromatic heterocycles. The van der Waals surface area contributed by atoms with Crippen LogP contribution in [0.25, 0.3) is 0 Å². The zero-order chi connectivity index (χ0) is 6.69. The number of hydrogen-bond donors (Lipinski definition) is 0. The summed E-state index contributed by atoms with van der Waals surface area (Å²) in [6.07, 6.45) is 3.40. The Labute approximate surface area is 55.1 Å². The fourth-order valence-electron chi connectivity index (χ4n) is 0.627. The van der Waals surface area contributed by atoms with Gasteiger partial charge in [-0.1, -0.05) is 0 Å². The third-order valence-electron chi connectivity index (χ3n) is 1.27. The summed E-state index contributed by atoms with van der Waals surface area (Å²) in [5.41, 5.74) is 0. The van der Waals surface area contributed by atoms with E-state index in [9.17, 15) is 0 Å². The number of nitrogens with zero attached hydrogens (tertiary/aromatic N) is 3. The maximum absolute atomic E-state index is 3.98. The molecular weight excluding hydrogens is 114 g/mol. The molecule has 3 nitrogen and oxygen atoms in total. The van der Waals surface area contributed by atoms with Crippen LogP contribution in [0.4, 0.5) is 0 Å². The minimum atomic E-state index is 0.506. The van der Waals surface area contributed by atoms with E-state index in [1.807, 2.05) is 6.34 Å². The molecule has 0 radical (unpaired) electrons. The van der Waals surface area contributed by atoms with Crippen LogP contribution in [-0.2, 0) is 0 Å². The van der Waals surface area contributed by atoms with Gasteiger partial charge < -0.3 is 4.90 Å². The highest BCUT2D eigenvalue weighted by Gasteiger charge is 2.03. The molecule has 1 aliphatic rings. The van der Waals surface area contributed by atoms with Crippen molar-refractivity contribution in [2.24, 2.45) is 9.98 Å². The van der Waals surface area contributed by atoms with Gasteiger partial charge in [0.2, 0.25) is 0 Å². The molecule has 0 fully saturated rings. The lowest BCUT2D eigenvalue weighted by Crippen LogP contribution is -2.31. The maximum Gasteiger partial charge on any atom is 0.113 e. The molecule has 0 unspecified atom stereocenters. The normalized spacial score (nSPS) is 17.4. The molecule has 0 aliphatic carbocycles. The molecule has 3 heteroatoms. The lowest BCUT2D eigenvalue weighted by atomic mass is 10.4. The minimum Gasteiger partial charge on any atom is -0.341 e. The maximum atomic E-state index is 3.98. The molecule has 0 saturated heterocycles. The molecule has 0 spiro atoms. The Morgan fingerprint density at radius 3 is 2.67 bits per heavy atom. The highest BCUT2D eigenvalue weighted by Crippen LogP contribution is 1.96. The van der Waals surface area contributed by atoms with Gasteiger partial charge in [-0.2, -0.15) is 0 Å². The van der Waals surface area contributed by atoms with Gasteiger partial charge in [0, 0.05) is 6.04 Å². The first-order chi connectivity index (χ1) is 4.30. The molecule has 50 valence electrons. The van der Waals surface area contributed by atoms with Crippen LogP contribution in [0.1, 0.15) is 13.8 Å². The van der Waals surface area contributed by atoms with Crippen LogP contribution in [-0.4, -0.2) is 30.3 Å². The quantitative estimate of drug-likeness (QED) is 0.507. The summed E-state index contributed by atoms with van der Waals surface area (Å²) in [6, 6.07) is 0.506. The van der Waals surface area contributed by atoms with E-state index in [0.29, 0.717) is 6.04 Å². The molecule has 1 aliphatic heterocycles. The second-order valence-electron chi connectivity index (χ2n) is 2.31. The predicted octanol–water partition coefficient (Wildman–Crippen LogP) is 0.724. The third-order valence-corrected chi connectivity index (χ3v) is 1.27. The number of hydrogen-bond acceptors (Lipinski definition) is 3. The van der Waals surface area contributed by atoms with Gasteiger partial charge >= 0.3 is 0 Å². The van der Waals surface area contributed by atoms with Crippen molar-refractivity contribution < 1.29 is 0 Å². The summed E-state index contributed by atoms with van der Waals surface area (Å²) in [4.78, 5) is 9.94. The van der Waals surface area contributed by atoms with Gasteiger partial charge in [-0.25, -0.2) is 4.99 Å². The summed E-state index contributed by atoms with van der Waals surface area (Å²) in [5.74, 6) is 0. The van der Waals surface area contributed by atoms with Crippen molar-refractivity contribution in [1.29, 1.82) is 0 Å². The highest BCUT2D eigenvalue weighted by atomic mass is 15.3. The number of rotatable bonds is 1. The molecule has 1 heterocycles. The second kappa shape index (κ2) is 2.62. The second-order valence-corrected chi connectivity index (χ2v) is 2.31. The Kier molecular flexibility index (Phi) is 1.82.